The number of hydrogen-bond acceptors (Lipinski definition) is 0. The SMILES string of the molecule is CCC1=CC(F)CCC1(C)F. The van der Waals surface area contributed by atoms with Gasteiger partial charge in [0.25, 0.3) is 0 Å². The molecule has 0 N–H and O–H groups in total. The fraction of sp³-hybridized carbons (Fsp3) is 0.778. The lowest BCUT2D eigenvalue weighted by atomic mass is 9.84. The van der Waals surface area contributed by atoms with E-state index in [2.05, 4.69) is 0 Å². The Hall–Kier alpha value is -0.400. The third kappa shape index (κ3) is 1.79. The van der Waals surface area contributed by atoms with Crippen molar-refractivity contribution < 1.29 is 8.78 Å². The summed E-state index contributed by atoms with van der Waals surface area (Å²) in [6, 6.07) is 0. The molecule has 0 radical (unpaired) electrons. The number of alkyl halides is 2. The van der Waals surface area contributed by atoms with Crippen molar-refractivity contribution in [2.24, 2.45) is 0 Å². The summed E-state index contributed by atoms with van der Waals surface area (Å²) >= 11 is 0. The lowest BCUT2D eigenvalue weighted by molar-refractivity contribution is 0.178. The van der Waals surface area contributed by atoms with Crippen molar-refractivity contribution >= 4 is 0 Å². The number of allylic oxidation sites excluding steroid dienone is 2. The molecule has 0 aromatic carbocycles. The Morgan fingerprint density at radius 2 is 2.36 bits per heavy atom. The van der Waals surface area contributed by atoms with Crippen molar-refractivity contribution in [2.75, 3.05) is 0 Å². The third-order valence-corrected chi connectivity index (χ3v) is 2.32. The van der Waals surface area contributed by atoms with Crippen molar-refractivity contribution in [1.29, 1.82) is 0 Å². The lowest BCUT2D eigenvalue weighted by Gasteiger charge is -2.28. The molecule has 0 amide bonds. The van der Waals surface area contributed by atoms with Crippen molar-refractivity contribution in [2.45, 2.75) is 45.0 Å². The highest BCUT2D eigenvalue weighted by atomic mass is 19.1. The van der Waals surface area contributed by atoms with E-state index in [1.165, 1.54) is 13.0 Å². The molecule has 0 saturated heterocycles. The van der Waals surface area contributed by atoms with Crippen LogP contribution in [0.15, 0.2) is 11.6 Å². The average Bonchev–Trinajstić information content (AvgIpc) is 1.94. The molecule has 1 rings (SSSR count). The maximum Gasteiger partial charge on any atom is 0.129 e. The Labute approximate surface area is 66.3 Å². The van der Waals surface area contributed by atoms with E-state index in [1.807, 2.05) is 6.92 Å². The second-order valence-electron chi connectivity index (χ2n) is 3.30. The quantitative estimate of drug-likeness (QED) is 0.517. The van der Waals surface area contributed by atoms with E-state index in [1.54, 1.807) is 0 Å². The van der Waals surface area contributed by atoms with Crippen LogP contribution >= 0.6 is 0 Å². The zero-order valence-corrected chi connectivity index (χ0v) is 7.03. The van der Waals surface area contributed by atoms with E-state index < -0.39 is 11.8 Å². The molecule has 64 valence electrons. The first kappa shape index (κ1) is 8.69. The van der Waals surface area contributed by atoms with Crippen LogP contribution in [0.2, 0.25) is 0 Å². The number of hydrogen-bond donors (Lipinski definition) is 0. The summed E-state index contributed by atoms with van der Waals surface area (Å²) in [5, 5.41) is 0. The molecule has 0 aliphatic heterocycles. The maximum absolute atomic E-state index is 13.5. The Morgan fingerprint density at radius 1 is 1.73 bits per heavy atom. The van der Waals surface area contributed by atoms with Gasteiger partial charge >= 0.3 is 0 Å². The van der Waals surface area contributed by atoms with Crippen molar-refractivity contribution in [3.8, 4) is 0 Å². The molecule has 2 unspecified atom stereocenters. The molecule has 2 heteroatoms. The van der Waals surface area contributed by atoms with Crippen LogP contribution in [0.25, 0.3) is 0 Å². The Balaban J connectivity index is 2.80. The monoisotopic (exact) mass is 160 g/mol. The summed E-state index contributed by atoms with van der Waals surface area (Å²) < 4.78 is 26.2. The van der Waals surface area contributed by atoms with E-state index in [9.17, 15) is 8.78 Å². The van der Waals surface area contributed by atoms with Gasteiger partial charge in [0.15, 0.2) is 0 Å². The second-order valence-corrected chi connectivity index (χ2v) is 3.30. The van der Waals surface area contributed by atoms with Crippen LogP contribution in [-0.2, 0) is 0 Å². The minimum absolute atomic E-state index is 0.327. The third-order valence-electron chi connectivity index (χ3n) is 2.32. The van der Waals surface area contributed by atoms with E-state index in [4.69, 9.17) is 0 Å². The van der Waals surface area contributed by atoms with Crippen LogP contribution in [0.3, 0.4) is 0 Å². The first-order valence-electron chi connectivity index (χ1n) is 4.10. The van der Waals surface area contributed by atoms with Crippen LogP contribution in [0, 0.1) is 0 Å². The first-order chi connectivity index (χ1) is 5.06. The summed E-state index contributed by atoms with van der Waals surface area (Å²) in [7, 11) is 0. The summed E-state index contributed by atoms with van der Waals surface area (Å²) in [6.07, 6.45) is 1.79. The number of halogens is 2. The van der Waals surface area contributed by atoms with Crippen molar-refractivity contribution in [3.05, 3.63) is 11.6 Å². The Kier molecular flexibility index (Phi) is 2.31. The van der Waals surface area contributed by atoms with Gasteiger partial charge in [-0.3, -0.25) is 0 Å². The fourth-order valence-corrected chi connectivity index (χ4v) is 1.53. The Bertz CT molecular complexity index is 170. The first-order valence-corrected chi connectivity index (χ1v) is 4.10. The molecule has 0 spiro atoms. The molecular formula is C9H14F2. The van der Waals surface area contributed by atoms with Gasteiger partial charge in [-0.1, -0.05) is 6.92 Å². The Morgan fingerprint density at radius 3 is 2.82 bits per heavy atom. The highest BCUT2D eigenvalue weighted by molar-refractivity contribution is 5.20. The van der Waals surface area contributed by atoms with Crippen LogP contribution in [0.4, 0.5) is 8.78 Å². The molecular weight excluding hydrogens is 146 g/mol. The van der Waals surface area contributed by atoms with E-state index in [0.717, 1.165) is 0 Å². The minimum Gasteiger partial charge on any atom is -0.243 e. The smallest absolute Gasteiger partial charge is 0.129 e. The van der Waals surface area contributed by atoms with Crippen molar-refractivity contribution in [3.63, 3.8) is 0 Å². The molecule has 0 heterocycles. The summed E-state index contributed by atoms with van der Waals surface area (Å²) in [5.74, 6) is 0. The van der Waals surface area contributed by atoms with Gasteiger partial charge in [0, 0.05) is 0 Å². The van der Waals surface area contributed by atoms with Crippen LogP contribution < -0.4 is 0 Å². The highest BCUT2D eigenvalue weighted by Crippen LogP contribution is 2.35. The van der Waals surface area contributed by atoms with Gasteiger partial charge < -0.3 is 0 Å². The molecule has 0 fully saturated rings. The predicted octanol–water partition coefficient (Wildman–Crippen LogP) is 3.18. The zero-order chi connectivity index (χ0) is 8.48. The zero-order valence-electron chi connectivity index (χ0n) is 7.03. The van der Waals surface area contributed by atoms with Gasteiger partial charge in [0.05, 0.1) is 0 Å². The van der Waals surface area contributed by atoms with Crippen LogP contribution in [0.5, 0.6) is 0 Å². The van der Waals surface area contributed by atoms with E-state index in [0.29, 0.717) is 24.8 Å². The molecule has 0 nitrogen and oxygen atoms in total. The molecule has 11 heavy (non-hydrogen) atoms. The normalized spacial score (nSPS) is 38.5. The van der Waals surface area contributed by atoms with Gasteiger partial charge in [-0.15, -0.1) is 0 Å². The predicted molar refractivity (Wildman–Crippen MR) is 42.0 cm³/mol. The summed E-state index contributed by atoms with van der Waals surface area (Å²) in [4.78, 5) is 0. The summed E-state index contributed by atoms with van der Waals surface area (Å²) in [5.41, 5.74) is -0.631. The number of rotatable bonds is 1. The van der Waals surface area contributed by atoms with Gasteiger partial charge in [0.2, 0.25) is 0 Å². The molecule has 2 atom stereocenters. The fourth-order valence-electron chi connectivity index (χ4n) is 1.53. The molecule has 0 saturated carbocycles. The van der Waals surface area contributed by atoms with Gasteiger partial charge in [-0.25, -0.2) is 8.78 Å². The second kappa shape index (κ2) is 2.92. The molecule has 0 bridgehead atoms. The van der Waals surface area contributed by atoms with Gasteiger partial charge in [-0.2, -0.15) is 0 Å². The van der Waals surface area contributed by atoms with Gasteiger partial charge in [-0.05, 0) is 37.8 Å². The topological polar surface area (TPSA) is 0 Å². The average molecular weight is 160 g/mol. The molecule has 1 aliphatic rings. The lowest BCUT2D eigenvalue weighted by Crippen LogP contribution is -2.27. The van der Waals surface area contributed by atoms with Crippen LogP contribution in [-0.4, -0.2) is 11.8 Å². The standard InChI is InChI=1S/C9H14F2/c1-3-7-6-8(10)4-5-9(7,2)11/h6,8H,3-5H2,1-2H3. The highest BCUT2D eigenvalue weighted by Gasteiger charge is 2.32. The molecule has 0 aromatic heterocycles. The van der Waals surface area contributed by atoms with Gasteiger partial charge in [0.1, 0.15) is 11.8 Å². The van der Waals surface area contributed by atoms with Crippen molar-refractivity contribution in [1.82, 2.24) is 0 Å². The van der Waals surface area contributed by atoms with E-state index >= 15 is 0 Å². The molecule has 1 aliphatic carbocycles. The molecule has 0 aromatic rings. The largest absolute Gasteiger partial charge is 0.243 e. The van der Waals surface area contributed by atoms with Crippen LogP contribution in [0.1, 0.15) is 33.1 Å². The maximum atomic E-state index is 13.5. The summed E-state index contributed by atoms with van der Waals surface area (Å²) in [6.45, 7) is 3.40. The minimum atomic E-state index is -1.25. The van der Waals surface area contributed by atoms with E-state index in [-0.39, 0.29) is 0 Å².